The SMILES string of the molecule is CSc1cccc(NC(=O)c2ccc3ncc4c(=O)n(-c5ccc(C)c(C)c5)[nH]c4c3c2)c1. The molecule has 0 aliphatic heterocycles. The Labute approximate surface area is 194 Å². The lowest BCUT2D eigenvalue weighted by atomic mass is 10.1. The van der Waals surface area contributed by atoms with Crippen LogP contribution in [0.3, 0.4) is 0 Å². The van der Waals surface area contributed by atoms with Gasteiger partial charge in [-0.1, -0.05) is 12.1 Å². The summed E-state index contributed by atoms with van der Waals surface area (Å²) in [4.78, 5) is 31.6. The maximum atomic E-state index is 13.1. The molecule has 2 aromatic heterocycles. The smallest absolute Gasteiger partial charge is 0.280 e. The number of carbonyl (C=O) groups excluding carboxylic acids is 1. The minimum Gasteiger partial charge on any atom is -0.322 e. The number of amides is 1. The first kappa shape index (κ1) is 21.0. The van der Waals surface area contributed by atoms with Gasteiger partial charge in [-0.25, -0.2) is 4.68 Å². The molecule has 0 bridgehead atoms. The van der Waals surface area contributed by atoms with Gasteiger partial charge in [0.1, 0.15) is 0 Å². The van der Waals surface area contributed by atoms with Crippen molar-refractivity contribution < 1.29 is 4.79 Å². The van der Waals surface area contributed by atoms with Crippen LogP contribution >= 0.6 is 11.8 Å². The molecule has 7 heteroatoms. The minimum absolute atomic E-state index is 0.175. The van der Waals surface area contributed by atoms with Gasteiger partial charge in [0, 0.05) is 27.7 Å². The van der Waals surface area contributed by atoms with Gasteiger partial charge in [0.2, 0.25) is 0 Å². The standard InChI is InChI=1S/C26H22N4O2S/c1-15-7-9-19(11-16(15)2)30-26(32)22-14-27-23-10-8-17(12-21(23)24(22)29-30)25(31)28-18-5-4-6-20(13-18)33-3/h4-14,29H,1-3H3,(H,28,31). The summed E-state index contributed by atoms with van der Waals surface area (Å²) < 4.78 is 1.53. The molecule has 5 rings (SSSR count). The minimum atomic E-state index is -0.219. The molecular formula is C26H22N4O2S. The van der Waals surface area contributed by atoms with E-state index >= 15 is 0 Å². The van der Waals surface area contributed by atoms with Crippen LogP contribution in [0.4, 0.5) is 5.69 Å². The second kappa shape index (κ2) is 8.26. The van der Waals surface area contributed by atoms with Gasteiger partial charge in [0.15, 0.2) is 0 Å². The highest BCUT2D eigenvalue weighted by atomic mass is 32.2. The first-order valence-electron chi connectivity index (χ1n) is 10.5. The maximum Gasteiger partial charge on any atom is 0.280 e. The monoisotopic (exact) mass is 454 g/mol. The summed E-state index contributed by atoms with van der Waals surface area (Å²) in [7, 11) is 0. The predicted octanol–water partition coefficient (Wildman–Crippen LogP) is 5.46. The van der Waals surface area contributed by atoms with Gasteiger partial charge >= 0.3 is 0 Å². The van der Waals surface area contributed by atoms with E-state index in [1.165, 1.54) is 4.68 Å². The molecule has 3 aromatic carbocycles. The van der Waals surface area contributed by atoms with E-state index in [-0.39, 0.29) is 11.5 Å². The zero-order valence-corrected chi connectivity index (χ0v) is 19.3. The van der Waals surface area contributed by atoms with E-state index in [0.717, 1.165) is 32.8 Å². The second-order valence-electron chi connectivity index (χ2n) is 7.99. The number of H-pyrrole nitrogens is 1. The van der Waals surface area contributed by atoms with Crippen LogP contribution in [0.15, 0.2) is 76.6 Å². The molecular weight excluding hydrogens is 432 g/mol. The number of aromatic nitrogens is 3. The van der Waals surface area contributed by atoms with Gasteiger partial charge in [0.05, 0.1) is 22.1 Å². The fourth-order valence-corrected chi connectivity index (χ4v) is 4.31. The summed E-state index contributed by atoms with van der Waals surface area (Å²) in [5.74, 6) is -0.219. The third kappa shape index (κ3) is 3.81. The Balaban J connectivity index is 1.59. The van der Waals surface area contributed by atoms with Gasteiger partial charge in [-0.2, -0.15) is 0 Å². The number of fused-ring (bicyclic) bond motifs is 3. The summed E-state index contributed by atoms with van der Waals surface area (Å²) in [5.41, 5.74) is 5.43. The van der Waals surface area contributed by atoms with Crippen molar-refractivity contribution in [3.05, 3.63) is 93.9 Å². The van der Waals surface area contributed by atoms with Crippen molar-refractivity contribution in [3.8, 4) is 5.69 Å². The molecule has 0 radical (unpaired) electrons. The molecule has 2 N–H and O–H groups in total. The van der Waals surface area contributed by atoms with E-state index in [1.54, 1.807) is 36.2 Å². The molecule has 6 nitrogen and oxygen atoms in total. The van der Waals surface area contributed by atoms with E-state index in [2.05, 4.69) is 15.4 Å². The number of anilines is 1. The Kier molecular flexibility index (Phi) is 5.26. The molecule has 33 heavy (non-hydrogen) atoms. The number of rotatable bonds is 4. The number of thioether (sulfide) groups is 1. The highest BCUT2D eigenvalue weighted by molar-refractivity contribution is 7.98. The van der Waals surface area contributed by atoms with Crippen molar-refractivity contribution in [1.29, 1.82) is 0 Å². The fourth-order valence-electron chi connectivity index (χ4n) is 3.85. The lowest BCUT2D eigenvalue weighted by molar-refractivity contribution is 0.102. The van der Waals surface area contributed by atoms with Gasteiger partial charge in [-0.3, -0.25) is 19.7 Å². The van der Waals surface area contributed by atoms with Gasteiger partial charge in [0.25, 0.3) is 11.5 Å². The normalized spacial score (nSPS) is 11.2. The quantitative estimate of drug-likeness (QED) is 0.354. The van der Waals surface area contributed by atoms with E-state index < -0.39 is 0 Å². The second-order valence-corrected chi connectivity index (χ2v) is 8.87. The predicted molar refractivity (Wildman–Crippen MR) is 135 cm³/mol. The lowest BCUT2D eigenvalue weighted by Gasteiger charge is -2.08. The average molecular weight is 455 g/mol. The third-order valence-corrected chi connectivity index (χ3v) is 6.59. The Morgan fingerprint density at radius 1 is 1.00 bits per heavy atom. The molecule has 0 saturated heterocycles. The highest BCUT2D eigenvalue weighted by Gasteiger charge is 2.15. The number of nitrogens with one attached hydrogen (secondary N) is 2. The van der Waals surface area contributed by atoms with Crippen molar-refractivity contribution in [2.24, 2.45) is 0 Å². The fraction of sp³-hybridized carbons (Fsp3) is 0.115. The summed E-state index contributed by atoms with van der Waals surface area (Å²) in [6.45, 7) is 4.05. The molecule has 2 heterocycles. The molecule has 0 saturated carbocycles. The molecule has 0 spiro atoms. The number of hydrogen-bond acceptors (Lipinski definition) is 4. The topological polar surface area (TPSA) is 79.8 Å². The van der Waals surface area contributed by atoms with Crippen LogP contribution in [0.25, 0.3) is 27.5 Å². The summed E-state index contributed by atoms with van der Waals surface area (Å²) in [6.07, 6.45) is 3.58. The van der Waals surface area contributed by atoms with Gasteiger partial charge < -0.3 is 5.32 Å². The zero-order chi connectivity index (χ0) is 23.1. The number of aryl methyl sites for hydroxylation is 2. The number of hydrogen-bond donors (Lipinski definition) is 2. The van der Waals surface area contributed by atoms with Crippen molar-refractivity contribution in [3.63, 3.8) is 0 Å². The van der Waals surface area contributed by atoms with E-state index in [4.69, 9.17) is 0 Å². The van der Waals surface area contributed by atoms with Crippen molar-refractivity contribution in [2.75, 3.05) is 11.6 Å². The molecule has 0 atom stereocenters. The Morgan fingerprint density at radius 3 is 2.64 bits per heavy atom. The van der Waals surface area contributed by atoms with Crippen molar-refractivity contribution in [2.45, 2.75) is 18.7 Å². The maximum absolute atomic E-state index is 13.1. The number of benzene rings is 3. The molecule has 0 fully saturated rings. The molecule has 0 aliphatic carbocycles. The molecule has 164 valence electrons. The first-order chi connectivity index (χ1) is 15.9. The molecule has 1 amide bonds. The Hall–Kier alpha value is -3.84. The summed E-state index contributed by atoms with van der Waals surface area (Å²) in [6, 6.07) is 18.9. The summed E-state index contributed by atoms with van der Waals surface area (Å²) in [5, 5.41) is 7.38. The number of nitrogens with zero attached hydrogens (tertiary/aromatic N) is 2. The van der Waals surface area contributed by atoms with Crippen molar-refractivity contribution in [1.82, 2.24) is 14.8 Å². The number of carbonyl (C=O) groups is 1. The summed E-state index contributed by atoms with van der Waals surface area (Å²) >= 11 is 1.62. The van der Waals surface area contributed by atoms with Crippen LogP contribution in [0, 0.1) is 13.8 Å². The first-order valence-corrected chi connectivity index (χ1v) is 11.7. The molecule has 0 unspecified atom stereocenters. The largest absolute Gasteiger partial charge is 0.322 e. The van der Waals surface area contributed by atoms with E-state index in [9.17, 15) is 9.59 Å². The Morgan fingerprint density at radius 2 is 1.85 bits per heavy atom. The van der Waals surface area contributed by atoms with E-state index in [0.29, 0.717) is 22.0 Å². The molecule has 5 aromatic rings. The molecule has 0 aliphatic rings. The van der Waals surface area contributed by atoms with Gasteiger partial charge in [-0.05, 0) is 79.8 Å². The number of aromatic amines is 1. The van der Waals surface area contributed by atoms with Crippen LogP contribution in [0.2, 0.25) is 0 Å². The van der Waals surface area contributed by atoms with Crippen LogP contribution in [-0.4, -0.2) is 26.9 Å². The van der Waals surface area contributed by atoms with E-state index in [1.807, 2.05) is 62.6 Å². The van der Waals surface area contributed by atoms with Crippen LogP contribution in [-0.2, 0) is 0 Å². The lowest BCUT2D eigenvalue weighted by Crippen LogP contribution is -2.14. The van der Waals surface area contributed by atoms with Crippen LogP contribution < -0.4 is 10.9 Å². The van der Waals surface area contributed by atoms with Gasteiger partial charge in [-0.15, -0.1) is 11.8 Å². The average Bonchev–Trinajstić information content (AvgIpc) is 3.17. The highest BCUT2D eigenvalue weighted by Crippen LogP contribution is 2.24. The van der Waals surface area contributed by atoms with Crippen LogP contribution in [0.1, 0.15) is 21.5 Å². The number of pyridine rings is 1. The Bertz CT molecular complexity index is 1600. The van der Waals surface area contributed by atoms with Crippen molar-refractivity contribution >= 4 is 45.2 Å². The third-order valence-electron chi connectivity index (χ3n) is 5.86. The van der Waals surface area contributed by atoms with Crippen LogP contribution in [0.5, 0.6) is 0 Å². The zero-order valence-electron chi connectivity index (χ0n) is 18.5.